The Labute approximate surface area is 90.0 Å². The van der Waals surface area contributed by atoms with Gasteiger partial charge in [0.05, 0.1) is 6.42 Å². The van der Waals surface area contributed by atoms with E-state index in [0.29, 0.717) is 0 Å². The van der Waals surface area contributed by atoms with E-state index in [-0.39, 0.29) is 24.0 Å². The normalized spacial score (nSPS) is 8.67. The highest BCUT2D eigenvalue weighted by atomic mass is 127. The van der Waals surface area contributed by atoms with Crippen LogP contribution in [-0.2, 0) is 13.0 Å². The quantitative estimate of drug-likeness (QED) is 0.381. The third-order valence-electron chi connectivity index (χ3n) is 1.51. The summed E-state index contributed by atoms with van der Waals surface area (Å²) in [5, 5.41) is 0. The van der Waals surface area contributed by atoms with Crippen molar-refractivity contribution in [2.45, 2.75) is 13.0 Å². The van der Waals surface area contributed by atoms with Crippen LogP contribution in [0.2, 0.25) is 0 Å². The molecule has 12 heavy (non-hydrogen) atoms. The summed E-state index contributed by atoms with van der Waals surface area (Å²) < 4.78 is 2.11. The fourth-order valence-corrected chi connectivity index (χ4v) is 1.02. The van der Waals surface area contributed by atoms with Crippen LogP contribution in [-0.4, -0.2) is 4.98 Å². The summed E-state index contributed by atoms with van der Waals surface area (Å²) in [6.07, 6.45) is 8.55. The lowest BCUT2D eigenvalue weighted by molar-refractivity contribution is -0.692. The molecule has 0 aliphatic rings. The molecule has 1 rings (SSSR count). The van der Waals surface area contributed by atoms with Crippen molar-refractivity contribution >= 4 is 0 Å². The second-order valence-electron chi connectivity index (χ2n) is 2.34. The van der Waals surface area contributed by atoms with Gasteiger partial charge in [-0.15, -0.1) is 6.58 Å². The number of nitrogens with zero attached hydrogens (tertiary/aromatic N) is 1. The van der Waals surface area contributed by atoms with Crippen molar-refractivity contribution in [3.63, 3.8) is 0 Å². The van der Waals surface area contributed by atoms with Gasteiger partial charge in [0.15, 0.2) is 0 Å². The van der Waals surface area contributed by atoms with E-state index in [1.165, 1.54) is 5.82 Å². The van der Waals surface area contributed by atoms with Crippen molar-refractivity contribution < 1.29 is 28.5 Å². The lowest BCUT2D eigenvalue weighted by atomic mass is 10.4. The zero-order valence-corrected chi connectivity index (χ0v) is 9.12. The fourth-order valence-electron chi connectivity index (χ4n) is 1.02. The minimum Gasteiger partial charge on any atom is -1.00 e. The Morgan fingerprint density at radius 1 is 1.42 bits per heavy atom. The zero-order chi connectivity index (χ0) is 8.10. The van der Waals surface area contributed by atoms with Crippen LogP contribution in [0.15, 0.2) is 37.7 Å². The maximum absolute atomic E-state index is 3.68. The summed E-state index contributed by atoms with van der Waals surface area (Å²) in [6.45, 7) is 8.21. The van der Waals surface area contributed by atoms with E-state index in [2.05, 4.69) is 22.7 Å². The third-order valence-corrected chi connectivity index (χ3v) is 1.51. The highest BCUT2D eigenvalue weighted by Crippen LogP contribution is 1.88. The smallest absolute Gasteiger partial charge is 0.258 e. The number of imidazole rings is 1. The molecule has 2 nitrogen and oxygen atoms in total. The molecule has 0 fully saturated rings. The van der Waals surface area contributed by atoms with Gasteiger partial charge in [-0.3, -0.25) is 0 Å². The second-order valence-corrected chi connectivity index (χ2v) is 2.34. The lowest BCUT2D eigenvalue weighted by Gasteiger charge is -1.92. The molecule has 0 radical (unpaired) electrons. The predicted octanol–water partition coefficient (Wildman–Crippen LogP) is -1.78. The summed E-state index contributed by atoms with van der Waals surface area (Å²) >= 11 is 0. The Kier molecular flexibility index (Phi) is 5.70. The SMILES string of the molecule is C=CCc1[nH]cc[n+]1CC=C.[I-]. The van der Waals surface area contributed by atoms with Crippen molar-refractivity contribution in [2.24, 2.45) is 0 Å². The van der Waals surface area contributed by atoms with Gasteiger partial charge in [0.25, 0.3) is 5.82 Å². The summed E-state index contributed by atoms with van der Waals surface area (Å²) in [4.78, 5) is 3.14. The zero-order valence-electron chi connectivity index (χ0n) is 6.96. The molecule has 0 aliphatic heterocycles. The standard InChI is InChI=1S/C9H12N2.HI/c1-3-5-9-10-6-8-11(9)7-4-2;/h3-4,6,8H,1-2,5,7H2;1H. The second kappa shape index (κ2) is 5.99. The Hall–Kier alpha value is -0.580. The first-order valence-corrected chi connectivity index (χ1v) is 3.66. The summed E-state index contributed by atoms with van der Waals surface area (Å²) in [5.41, 5.74) is 0. The average Bonchev–Trinajstić information content (AvgIpc) is 2.39. The Morgan fingerprint density at radius 2 is 2.17 bits per heavy atom. The molecule has 3 heteroatoms. The molecule has 0 aliphatic carbocycles. The molecule has 0 saturated heterocycles. The molecule has 1 aromatic rings. The van der Waals surface area contributed by atoms with Crippen molar-refractivity contribution in [3.05, 3.63) is 43.5 Å². The minimum atomic E-state index is 0. The Bertz CT molecular complexity index is 228. The molecule has 0 aromatic carbocycles. The number of aromatic nitrogens is 2. The van der Waals surface area contributed by atoms with Gasteiger partial charge < -0.3 is 24.0 Å². The number of H-pyrrole nitrogens is 1. The number of hydrogen-bond acceptors (Lipinski definition) is 0. The summed E-state index contributed by atoms with van der Waals surface area (Å²) in [5.74, 6) is 1.17. The topological polar surface area (TPSA) is 19.7 Å². The number of rotatable bonds is 4. The summed E-state index contributed by atoms with van der Waals surface area (Å²) in [6, 6.07) is 0. The minimum absolute atomic E-state index is 0. The van der Waals surface area contributed by atoms with Crippen LogP contribution in [0.5, 0.6) is 0 Å². The van der Waals surface area contributed by atoms with Crippen LogP contribution in [0.1, 0.15) is 5.82 Å². The number of halogens is 1. The molecule has 1 N–H and O–H groups in total. The van der Waals surface area contributed by atoms with Crippen molar-refractivity contribution in [3.8, 4) is 0 Å². The molecular weight excluding hydrogens is 263 g/mol. The number of hydrogen-bond donors (Lipinski definition) is 1. The molecule has 66 valence electrons. The van der Waals surface area contributed by atoms with Crippen molar-refractivity contribution in [2.75, 3.05) is 0 Å². The van der Waals surface area contributed by atoms with Gasteiger partial charge in [-0.1, -0.05) is 18.7 Å². The maximum atomic E-state index is 3.68. The fraction of sp³-hybridized carbons (Fsp3) is 0.222. The van der Waals surface area contributed by atoms with Crippen molar-refractivity contribution in [1.82, 2.24) is 4.98 Å². The predicted molar refractivity (Wildman–Crippen MR) is 45.1 cm³/mol. The first-order chi connectivity index (χ1) is 5.38. The summed E-state index contributed by atoms with van der Waals surface area (Å²) in [7, 11) is 0. The van der Waals surface area contributed by atoms with Gasteiger partial charge in [-0.25, -0.2) is 9.55 Å². The molecule has 0 amide bonds. The van der Waals surface area contributed by atoms with Crippen LogP contribution in [0, 0.1) is 0 Å². The molecular formula is C9H13IN2. The Morgan fingerprint density at radius 3 is 2.75 bits per heavy atom. The molecule has 0 unspecified atom stereocenters. The van der Waals surface area contributed by atoms with Gasteiger partial charge in [-0.2, -0.15) is 0 Å². The monoisotopic (exact) mass is 276 g/mol. The van der Waals surface area contributed by atoms with Gasteiger partial charge in [0.1, 0.15) is 18.9 Å². The molecule has 0 bridgehead atoms. The number of allylic oxidation sites excluding steroid dienone is 2. The lowest BCUT2D eigenvalue weighted by Crippen LogP contribution is -3.00. The largest absolute Gasteiger partial charge is 1.00 e. The van der Waals surface area contributed by atoms with Gasteiger partial charge in [0.2, 0.25) is 0 Å². The Balaban J connectivity index is 0.00000121. The molecule has 0 saturated carbocycles. The molecule has 1 aromatic heterocycles. The van der Waals surface area contributed by atoms with E-state index < -0.39 is 0 Å². The number of aromatic amines is 1. The number of nitrogens with one attached hydrogen (secondary N) is 1. The molecule has 1 heterocycles. The van der Waals surface area contributed by atoms with Gasteiger partial charge in [0, 0.05) is 0 Å². The first kappa shape index (κ1) is 11.4. The van der Waals surface area contributed by atoms with Crippen LogP contribution in [0.25, 0.3) is 0 Å². The van der Waals surface area contributed by atoms with Crippen LogP contribution >= 0.6 is 0 Å². The van der Waals surface area contributed by atoms with E-state index in [0.717, 1.165) is 13.0 Å². The van der Waals surface area contributed by atoms with Crippen LogP contribution in [0.4, 0.5) is 0 Å². The van der Waals surface area contributed by atoms with Crippen molar-refractivity contribution in [1.29, 1.82) is 0 Å². The van der Waals surface area contributed by atoms with Crippen LogP contribution < -0.4 is 28.5 Å². The maximum Gasteiger partial charge on any atom is 0.258 e. The van der Waals surface area contributed by atoms with E-state index >= 15 is 0 Å². The van der Waals surface area contributed by atoms with Crippen LogP contribution in [0.3, 0.4) is 0 Å². The van der Waals surface area contributed by atoms with Gasteiger partial charge in [-0.05, 0) is 0 Å². The van der Waals surface area contributed by atoms with Gasteiger partial charge >= 0.3 is 0 Å². The van der Waals surface area contributed by atoms with E-state index in [9.17, 15) is 0 Å². The average molecular weight is 276 g/mol. The molecule has 0 atom stereocenters. The third kappa shape index (κ3) is 2.81. The highest BCUT2D eigenvalue weighted by Gasteiger charge is 2.04. The van der Waals surface area contributed by atoms with E-state index in [4.69, 9.17) is 0 Å². The first-order valence-electron chi connectivity index (χ1n) is 3.66. The highest BCUT2D eigenvalue weighted by molar-refractivity contribution is 4.86. The van der Waals surface area contributed by atoms with E-state index in [1.807, 2.05) is 24.5 Å². The van der Waals surface area contributed by atoms with E-state index in [1.54, 1.807) is 0 Å². The molecule has 0 spiro atoms.